The number of anilines is 2. The van der Waals surface area contributed by atoms with Gasteiger partial charge in [-0.1, -0.05) is 0 Å². The molecule has 0 saturated carbocycles. The first-order chi connectivity index (χ1) is 13.3. The summed E-state index contributed by atoms with van der Waals surface area (Å²) in [5.74, 6) is 1.88. The molecule has 8 heteroatoms. The first kappa shape index (κ1) is 15.8. The van der Waals surface area contributed by atoms with Crippen LogP contribution in [0.3, 0.4) is 0 Å². The third kappa shape index (κ3) is 2.88. The summed E-state index contributed by atoms with van der Waals surface area (Å²) in [4.78, 5) is 18.3. The van der Waals surface area contributed by atoms with Crippen molar-refractivity contribution in [3.05, 3.63) is 49.4 Å². The molecule has 0 atom stereocenters. The fourth-order valence-electron chi connectivity index (χ4n) is 3.48. The molecule has 1 aliphatic heterocycles. The van der Waals surface area contributed by atoms with Crippen LogP contribution in [0.15, 0.2) is 53.8 Å². The van der Waals surface area contributed by atoms with E-state index < -0.39 is 0 Å². The fourth-order valence-corrected chi connectivity index (χ4v) is 3.48. The molecular formula is C19H19N7O. The second-order valence-electron chi connectivity index (χ2n) is 6.61. The van der Waals surface area contributed by atoms with E-state index in [-0.39, 0.29) is 0 Å². The number of piperazine rings is 1. The van der Waals surface area contributed by atoms with Crippen LogP contribution in [0.4, 0.5) is 11.6 Å². The Balaban J connectivity index is 1.34. The van der Waals surface area contributed by atoms with Crippen molar-refractivity contribution in [3.8, 4) is 11.3 Å². The lowest BCUT2D eigenvalue weighted by atomic mass is 10.2. The zero-order valence-corrected chi connectivity index (χ0v) is 15.0. The molecule has 0 N–H and O–H groups in total. The molecule has 1 saturated heterocycles. The SMILES string of the molecule is Cn1cc(-c2cncc(N3CCN(c4nccc5occc45)CC3)n2)cn1. The summed E-state index contributed by atoms with van der Waals surface area (Å²) in [6.07, 6.45) is 10.9. The van der Waals surface area contributed by atoms with Crippen molar-refractivity contribution < 1.29 is 4.42 Å². The van der Waals surface area contributed by atoms with Crippen LogP contribution in [0.2, 0.25) is 0 Å². The third-order valence-corrected chi connectivity index (χ3v) is 4.88. The van der Waals surface area contributed by atoms with Crippen molar-refractivity contribution in [2.24, 2.45) is 7.05 Å². The van der Waals surface area contributed by atoms with E-state index in [2.05, 4.69) is 24.9 Å². The highest BCUT2D eigenvalue weighted by molar-refractivity contribution is 5.88. The van der Waals surface area contributed by atoms with Crippen molar-refractivity contribution in [1.29, 1.82) is 0 Å². The smallest absolute Gasteiger partial charge is 0.147 e. The molecule has 0 amide bonds. The molecule has 0 radical (unpaired) electrons. The number of aryl methyl sites for hydroxylation is 1. The number of aromatic nitrogens is 5. The number of nitrogens with zero attached hydrogens (tertiary/aromatic N) is 7. The van der Waals surface area contributed by atoms with E-state index in [9.17, 15) is 0 Å². The molecule has 0 spiro atoms. The largest absolute Gasteiger partial charge is 0.464 e. The van der Waals surface area contributed by atoms with Gasteiger partial charge in [0.25, 0.3) is 0 Å². The summed E-state index contributed by atoms with van der Waals surface area (Å²) in [5, 5.41) is 5.27. The number of pyridine rings is 1. The maximum atomic E-state index is 5.49. The minimum Gasteiger partial charge on any atom is -0.464 e. The van der Waals surface area contributed by atoms with Crippen LogP contribution in [0.25, 0.3) is 22.2 Å². The van der Waals surface area contributed by atoms with E-state index in [0.29, 0.717) is 0 Å². The van der Waals surface area contributed by atoms with Crippen LogP contribution in [-0.2, 0) is 7.05 Å². The van der Waals surface area contributed by atoms with Gasteiger partial charge < -0.3 is 14.2 Å². The summed E-state index contributed by atoms with van der Waals surface area (Å²) >= 11 is 0. The molecular weight excluding hydrogens is 342 g/mol. The van der Waals surface area contributed by atoms with Crippen LogP contribution >= 0.6 is 0 Å². The van der Waals surface area contributed by atoms with Crippen molar-refractivity contribution in [2.75, 3.05) is 36.0 Å². The molecule has 0 aromatic carbocycles. The zero-order valence-electron chi connectivity index (χ0n) is 15.0. The summed E-state index contributed by atoms with van der Waals surface area (Å²) < 4.78 is 7.26. The molecule has 0 unspecified atom stereocenters. The number of rotatable bonds is 3. The minimum absolute atomic E-state index is 0.841. The summed E-state index contributed by atoms with van der Waals surface area (Å²) in [6, 6.07) is 3.88. The molecule has 0 aliphatic carbocycles. The molecule has 4 aromatic rings. The Hall–Kier alpha value is -3.42. The van der Waals surface area contributed by atoms with Gasteiger partial charge in [0, 0.05) is 51.2 Å². The van der Waals surface area contributed by atoms with E-state index in [1.54, 1.807) is 23.3 Å². The molecule has 8 nitrogen and oxygen atoms in total. The maximum Gasteiger partial charge on any atom is 0.147 e. The highest BCUT2D eigenvalue weighted by Crippen LogP contribution is 2.27. The highest BCUT2D eigenvalue weighted by atomic mass is 16.3. The number of hydrogen-bond donors (Lipinski definition) is 0. The first-order valence-electron chi connectivity index (χ1n) is 8.91. The van der Waals surface area contributed by atoms with Crippen LogP contribution in [-0.4, -0.2) is 50.9 Å². The fraction of sp³-hybridized carbons (Fsp3) is 0.263. The van der Waals surface area contributed by atoms with Gasteiger partial charge in [0.05, 0.1) is 35.9 Å². The molecule has 1 aliphatic rings. The van der Waals surface area contributed by atoms with Crippen molar-refractivity contribution in [2.45, 2.75) is 0 Å². The van der Waals surface area contributed by atoms with Gasteiger partial charge in [-0.25, -0.2) is 9.97 Å². The number of furan rings is 1. The Morgan fingerprint density at radius 2 is 1.85 bits per heavy atom. The second-order valence-corrected chi connectivity index (χ2v) is 6.61. The first-order valence-corrected chi connectivity index (χ1v) is 8.91. The number of hydrogen-bond acceptors (Lipinski definition) is 7. The van der Waals surface area contributed by atoms with E-state index >= 15 is 0 Å². The van der Waals surface area contributed by atoms with Gasteiger partial charge in [0.2, 0.25) is 0 Å². The average molecular weight is 361 g/mol. The summed E-state index contributed by atoms with van der Waals surface area (Å²) in [7, 11) is 1.90. The van der Waals surface area contributed by atoms with E-state index in [4.69, 9.17) is 9.40 Å². The highest BCUT2D eigenvalue weighted by Gasteiger charge is 2.21. The van der Waals surface area contributed by atoms with Gasteiger partial charge in [0.1, 0.15) is 17.2 Å². The summed E-state index contributed by atoms with van der Waals surface area (Å²) in [5.41, 5.74) is 2.69. The van der Waals surface area contributed by atoms with Crippen molar-refractivity contribution in [3.63, 3.8) is 0 Å². The second kappa shape index (κ2) is 6.39. The van der Waals surface area contributed by atoms with Gasteiger partial charge in [0.15, 0.2) is 0 Å². The maximum absolute atomic E-state index is 5.49. The van der Waals surface area contributed by atoms with E-state index in [0.717, 1.165) is 60.0 Å². The Morgan fingerprint density at radius 1 is 1.00 bits per heavy atom. The Kier molecular flexibility index (Phi) is 3.74. The van der Waals surface area contributed by atoms with E-state index in [1.807, 2.05) is 37.8 Å². The third-order valence-electron chi connectivity index (χ3n) is 4.88. The summed E-state index contributed by atoms with van der Waals surface area (Å²) in [6.45, 7) is 3.47. The minimum atomic E-state index is 0.841. The topological polar surface area (TPSA) is 76.1 Å². The molecule has 27 heavy (non-hydrogen) atoms. The molecule has 136 valence electrons. The molecule has 5 rings (SSSR count). The van der Waals surface area contributed by atoms with Crippen LogP contribution in [0, 0.1) is 0 Å². The molecule has 0 bridgehead atoms. The van der Waals surface area contributed by atoms with Gasteiger partial charge >= 0.3 is 0 Å². The van der Waals surface area contributed by atoms with Gasteiger partial charge in [-0.3, -0.25) is 9.67 Å². The van der Waals surface area contributed by atoms with Gasteiger partial charge in [-0.05, 0) is 12.1 Å². The average Bonchev–Trinajstić information content (AvgIpc) is 3.37. The molecule has 5 heterocycles. The van der Waals surface area contributed by atoms with Gasteiger partial charge in [-0.15, -0.1) is 0 Å². The van der Waals surface area contributed by atoms with Crippen LogP contribution < -0.4 is 9.80 Å². The molecule has 1 fully saturated rings. The lowest BCUT2D eigenvalue weighted by molar-refractivity contribution is 0.614. The predicted octanol–water partition coefficient (Wildman–Crippen LogP) is 2.34. The van der Waals surface area contributed by atoms with Crippen LogP contribution in [0.1, 0.15) is 0 Å². The van der Waals surface area contributed by atoms with Crippen molar-refractivity contribution in [1.82, 2.24) is 24.7 Å². The lowest BCUT2D eigenvalue weighted by Gasteiger charge is -2.36. The zero-order chi connectivity index (χ0) is 18.2. The Bertz CT molecular complexity index is 1080. The Morgan fingerprint density at radius 3 is 2.67 bits per heavy atom. The lowest BCUT2D eigenvalue weighted by Crippen LogP contribution is -2.47. The Labute approximate surface area is 156 Å². The quantitative estimate of drug-likeness (QED) is 0.554. The standard InChI is InChI=1S/C19H19N7O/c1-24-13-14(10-22-24)16-11-20-12-18(23-16)25-5-7-26(8-6-25)19-15-3-9-27-17(15)2-4-21-19/h2-4,9-13H,5-8H2,1H3. The van der Waals surface area contributed by atoms with Gasteiger partial charge in [-0.2, -0.15) is 5.10 Å². The van der Waals surface area contributed by atoms with Crippen LogP contribution in [0.5, 0.6) is 0 Å². The predicted molar refractivity (Wildman–Crippen MR) is 103 cm³/mol. The molecule has 4 aromatic heterocycles. The van der Waals surface area contributed by atoms with Crippen molar-refractivity contribution >= 4 is 22.6 Å². The van der Waals surface area contributed by atoms with E-state index in [1.165, 1.54) is 0 Å². The normalized spacial score (nSPS) is 14.9. The monoisotopic (exact) mass is 361 g/mol. The number of fused-ring (bicyclic) bond motifs is 1.